The molecule has 1 aromatic rings. The lowest BCUT2D eigenvalue weighted by atomic mass is 9.85. The van der Waals surface area contributed by atoms with Gasteiger partial charge in [-0.25, -0.2) is 9.18 Å². The van der Waals surface area contributed by atoms with Gasteiger partial charge in [0.05, 0.1) is 5.56 Å². The number of benzene rings is 1. The molecule has 1 fully saturated rings. The lowest BCUT2D eigenvalue weighted by Gasteiger charge is -2.25. The zero-order valence-electron chi connectivity index (χ0n) is 8.87. The lowest BCUT2D eigenvalue weighted by molar-refractivity contribution is 0.0692. The molecule has 16 heavy (non-hydrogen) atoms. The third-order valence-corrected chi connectivity index (χ3v) is 3.02. The molecule has 1 aliphatic rings. The molecule has 0 atom stereocenters. The summed E-state index contributed by atoms with van der Waals surface area (Å²) in [5.41, 5.74) is 0.364. The van der Waals surface area contributed by atoms with Crippen LogP contribution in [0.1, 0.15) is 29.6 Å². The van der Waals surface area contributed by atoms with Gasteiger partial charge in [-0.05, 0) is 37.0 Å². The van der Waals surface area contributed by atoms with E-state index in [4.69, 9.17) is 5.11 Å². The topological polar surface area (TPSA) is 49.3 Å². The van der Waals surface area contributed by atoms with Crippen molar-refractivity contribution in [2.24, 2.45) is 5.92 Å². The minimum Gasteiger partial charge on any atom is -0.478 e. The quantitative estimate of drug-likeness (QED) is 0.825. The maximum atomic E-state index is 13.3. The second-order valence-electron chi connectivity index (χ2n) is 4.18. The smallest absolute Gasteiger partial charge is 0.338 e. The molecule has 0 unspecified atom stereocenters. The monoisotopic (exact) mass is 223 g/mol. The minimum atomic E-state index is -1.23. The molecule has 2 rings (SSSR count). The Morgan fingerprint density at radius 2 is 2.25 bits per heavy atom. The standard InChI is InChI=1S/C12H14FNO2/c13-11-6-9(4-5-10(11)12(15)16)14-7-8-2-1-3-8/h4-6,8,14H,1-3,7H2,(H,15,16). The first-order valence-corrected chi connectivity index (χ1v) is 5.43. The Bertz CT molecular complexity index is 402. The molecule has 2 N–H and O–H groups in total. The summed E-state index contributed by atoms with van der Waals surface area (Å²) in [6.45, 7) is 0.839. The summed E-state index contributed by atoms with van der Waals surface area (Å²) in [6.07, 6.45) is 3.73. The number of halogens is 1. The molecule has 0 aromatic heterocycles. The predicted molar refractivity (Wildman–Crippen MR) is 59.2 cm³/mol. The zero-order chi connectivity index (χ0) is 11.5. The number of anilines is 1. The molecular weight excluding hydrogens is 209 g/mol. The molecular formula is C12H14FNO2. The summed E-state index contributed by atoms with van der Waals surface area (Å²) in [5, 5.41) is 11.8. The SMILES string of the molecule is O=C(O)c1ccc(NCC2CCC2)cc1F. The van der Waals surface area contributed by atoms with Crippen LogP contribution in [0.25, 0.3) is 0 Å². The van der Waals surface area contributed by atoms with E-state index in [1.807, 2.05) is 0 Å². The van der Waals surface area contributed by atoms with E-state index in [0.717, 1.165) is 6.54 Å². The predicted octanol–water partition coefficient (Wildman–Crippen LogP) is 2.74. The molecule has 0 saturated heterocycles. The number of hydrogen-bond donors (Lipinski definition) is 2. The number of rotatable bonds is 4. The van der Waals surface area contributed by atoms with Crippen molar-refractivity contribution in [2.75, 3.05) is 11.9 Å². The molecule has 86 valence electrons. The summed E-state index contributed by atoms with van der Waals surface area (Å²) < 4.78 is 13.3. The fourth-order valence-electron chi connectivity index (χ4n) is 1.76. The van der Waals surface area contributed by atoms with Crippen LogP contribution in [0, 0.1) is 11.7 Å². The highest BCUT2D eigenvalue weighted by atomic mass is 19.1. The average Bonchev–Trinajstić information content (AvgIpc) is 2.14. The van der Waals surface area contributed by atoms with Crippen LogP contribution >= 0.6 is 0 Å². The van der Waals surface area contributed by atoms with Crippen LogP contribution in [0.3, 0.4) is 0 Å². The summed E-state index contributed by atoms with van der Waals surface area (Å²) in [6, 6.07) is 4.13. The van der Waals surface area contributed by atoms with Crippen molar-refractivity contribution in [1.29, 1.82) is 0 Å². The molecule has 0 spiro atoms. The van der Waals surface area contributed by atoms with Gasteiger partial charge in [-0.1, -0.05) is 6.42 Å². The Morgan fingerprint density at radius 3 is 2.75 bits per heavy atom. The Labute approximate surface area is 93.3 Å². The third-order valence-electron chi connectivity index (χ3n) is 3.02. The van der Waals surface area contributed by atoms with E-state index in [1.165, 1.54) is 31.4 Å². The molecule has 4 heteroatoms. The fourth-order valence-corrected chi connectivity index (χ4v) is 1.76. The van der Waals surface area contributed by atoms with Gasteiger partial charge < -0.3 is 10.4 Å². The number of carboxylic acid groups (broad SMARTS) is 1. The van der Waals surface area contributed by atoms with Crippen LogP contribution in [0.2, 0.25) is 0 Å². The van der Waals surface area contributed by atoms with Crippen molar-refractivity contribution in [3.63, 3.8) is 0 Å². The van der Waals surface area contributed by atoms with E-state index >= 15 is 0 Å². The van der Waals surface area contributed by atoms with E-state index in [0.29, 0.717) is 11.6 Å². The lowest BCUT2D eigenvalue weighted by Crippen LogP contribution is -2.21. The molecule has 0 heterocycles. The van der Waals surface area contributed by atoms with Gasteiger partial charge in [0, 0.05) is 12.2 Å². The van der Waals surface area contributed by atoms with Crippen molar-refractivity contribution in [2.45, 2.75) is 19.3 Å². The first-order valence-electron chi connectivity index (χ1n) is 5.43. The van der Waals surface area contributed by atoms with E-state index in [9.17, 15) is 9.18 Å². The van der Waals surface area contributed by atoms with E-state index < -0.39 is 11.8 Å². The van der Waals surface area contributed by atoms with Gasteiger partial charge in [0.2, 0.25) is 0 Å². The van der Waals surface area contributed by atoms with Crippen molar-refractivity contribution < 1.29 is 14.3 Å². The van der Waals surface area contributed by atoms with Gasteiger partial charge in [0.25, 0.3) is 0 Å². The maximum absolute atomic E-state index is 13.3. The first kappa shape index (κ1) is 10.9. The molecule has 1 saturated carbocycles. The van der Waals surface area contributed by atoms with Gasteiger partial charge >= 0.3 is 5.97 Å². The zero-order valence-corrected chi connectivity index (χ0v) is 8.87. The fraction of sp³-hybridized carbons (Fsp3) is 0.417. The molecule has 1 aromatic carbocycles. The van der Waals surface area contributed by atoms with Gasteiger partial charge in [-0.3, -0.25) is 0 Å². The first-order chi connectivity index (χ1) is 7.66. The van der Waals surface area contributed by atoms with Crippen LogP contribution in [0.15, 0.2) is 18.2 Å². The average molecular weight is 223 g/mol. The van der Waals surface area contributed by atoms with Crippen LogP contribution < -0.4 is 5.32 Å². The van der Waals surface area contributed by atoms with Crippen LogP contribution in [0.5, 0.6) is 0 Å². The van der Waals surface area contributed by atoms with Crippen LogP contribution in [-0.2, 0) is 0 Å². The van der Waals surface area contributed by atoms with E-state index in [-0.39, 0.29) is 5.56 Å². The second-order valence-corrected chi connectivity index (χ2v) is 4.18. The Morgan fingerprint density at radius 1 is 1.50 bits per heavy atom. The molecule has 1 aliphatic carbocycles. The van der Waals surface area contributed by atoms with E-state index in [1.54, 1.807) is 6.07 Å². The second kappa shape index (κ2) is 4.51. The highest BCUT2D eigenvalue weighted by Gasteiger charge is 2.17. The summed E-state index contributed by atoms with van der Waals surface area (Å²) >= 11 is 0. The van der Waals surface area contributed by atoms with Gasteiger partial charge in [-0.2, -0.15) is 0 Å². The normalized spacial score (nSPS) is 15.6. The minimum absolute atomic E-state index is 0.283. The summed E-state index contributed by atoms with van der Waals surface area (Å²) in [4.78, 5) is 10.6. The highest BCUT2D eigenvalue weighted by molar-refractivity contribution is 5.88. The molecule has 0 amide bonds. The number of carbonyl (C=O) groups is 1. The van der Waals surface area contributed by atoms with Gasteiger partial charge in [0.1, 0.15) is 5.82 Å². The molecule has 0 bridgehead atoms. The number of aromatic carboxylic acids is 1. The van der Waals surface area contributed by atoms with Crippen LogP contribution in [0.4, 0.5) is 10.1 Å². The largest absolute Gasteiger partial charge is 0.478 e. The van der Waals surface area contributed by atoms with Crippen molar-refractivity contribution >= 4 is 11.7 Å². The summed E-state index contributed by atoms with van der Waals surface area (Å²) in [7, 11) is 0. The Hall–Kier alpha value is -1.58. The Kier molecular flexibility index (Phi) is 3.08. The summed E-state index contributed by atoms with van der Waals surface area (Å²) in [5.74, 6) is -1.24. The Balaban J connectivity index is 1.99. The third kappa shape index (κ3) is 2.32. The molecule has 0 radical (unpaired) electrons. The number of hydrogen-bond acceptors (Lipinski definition) is 2. The van der Waals surface area contributed by atoms with Crippen molar-refractivity contribution in [3.8, 4) is 0 Å². The van der Waals surface area contributed by atoms with Gasteiger partial charge in [0.15, 0.2) is 0 Å². The van der Waals surface area contributed by atoms with Crippen molar-refractivity contribution in [3.05, 3.63) is 29.6 Å². The van der Waals surface area contributed by atoms with Gasteiger partial charge in [-0.15, -0.1) is 0 Å². The number of nitrogens with one attached hydrogen (secondary N) is 1. The maximum Gasteiger partial charge on any atom is 0.338 e. The number of carboxylic acids is 1. The molecule has 3 nitrogen and oxygen atoms in total. The van der Waals surface area contributed by atoms with Crippen LogP contribution in [-0.4, -0.2) is 17.6 Å². The van der Waals surface area contributed by atoms with E-state index in [2.05, 4.69) is 5.32 Å². The van der Waals surface area contributed by atoms with Crippen molar-refractivity contribution in [1.82, 2.24) is 0 Å². The molecule has 0 aliphatic heterocycles. The highest BCUT2D eigenvalue weighted by Crippen LogP contribution is 2.26.